The smallest absolute Gasteiger partial charge is 0.170 e. The molecule has 5 nitrogen and oxygen atoms in total. The molecular weight excluding hydrogens is 548 g/mol. The average Bonchev–Trinajstić information content (AvgIpc) is 3.58. The molecule has 0 aliphatic carbocycles. The van der Waals surface area contributed by atoms with Crippen molar-refractivity contribution in [3.05, 3.63) is 119 Å². The number of carbonyl (C=O) groups excluding carboxylic acids is 1. The van der Waals surface area contributed by atoms with Gasteiger partial charge in [0.1, 0.15) is 21.6 Å². The van der Waals surface area contributed by atoms with Gasteiger partial charge in [-0.05, 0) is 63.8 Å². The van der Waals surface area contributed by atoms with E-state index >= 15 is 0 Å². The summed E-state index contributed by atoms with van der Waals surface area (Å²) in [5.41, 5.74) is 7.10. The molecule has 8 rings (SSSR count). The number of nitrogens with zero attached hydrogens (tertiary/aromatic N) is 4. The number of benzene rings is 4. The number of imidazole rings is 2. The fourth-order valence-electron chi connectivity index (χ4n) is 5.75. The standard InChI is InChI=1S/C17H12N2O.C16H11BrN2/c1-11-5-4-8-15-16(11)13-6-2-3-7-14(13)17-18-12(10-20)9-19(15)17;1-10-5-4-8-13-15(10)11-6-2-3-7-12(11)16-18-14(17)9-19(13)16/h2-10H,1H3;2-9H,1H3. The van der Waals surface area contributed by atoms with Crippen molar-refractivity contribution in [1.29, 1.82) is 0 Å². The molecule has 4 aromatic heterocycles. The summed E-state index contributed by atoms with van der Waals surface area (Å²) in [7, 11) is 0. The first kappa shape index (κ1) is 23.6. The molecule has 0 saturated carbocycles. The number of fused-ring (bicyclic) bond motifs is 12. The number of pyridine rings is 2. The van der Waals surface area contributed by atoms with E-state index in [0.29, 0.717) is 5.69 Å². The highest BCUT2D eigenvalue weighted by Crippen LogP contribution is 2.33. The summed E-state index contributed by atoms with van der Waals surface area (Å²) in [6.07, 6.45) is 4.63. The molecule has 0 bridgehead atoms. The third-order valence-electron chi connectivity index (χ3n) is 7.42. The minimum absolute atomic E-state index is 0.462. The normalized spacial score (nSPS) is 11.6. The Hall–Kier alpha value is -4.55. The fraction of sp³-hybridized carbons (Fsp3) is 0.0606. The maximum atomic E-state index is 11.0. The zero-order chi connectivity index (χ0) is 26.7. The van der Waals surface area contributed by atoms with Gasteiger partial charge in [-0.2, -0.15) is 0 Å². The maximum Gasteiger partial charge on any atom is 0.170 e. The van der Waals surface area contributed by atoms with E-state index < -0.39 is 0 Å². The number of aryl methyl sites for hydroxylation is 2. The van der Waals surface area contributed by atoms with Gasteiger partial charge in [0, 0.05) is 33.9 Å². The molecule has 0 atom stereocenters. The Morgan fingerprint density at radius 2 is 1.10 bits per heavy atom. The van der Waals surface area contributed by atoms with E-state index in [1.54, 1.807) is 6.20 Å². The molecule has 0 unspecified atom stereocenters. The maximum absolute atomic E-state index is 11.0. The van der Waals surface area contributed by atoms with Crippen molar-refractivity contribution in [1.82, 2.24) is 18.8 Å². The fourth-order valence-corrected chi connectivity index (χ4v) is 6.13. The lowest BCUT2D eigenvalue weighted by molar-refractivity contribution is 0.111. The van der Waals surface area contributed by atoms with Gasteiger partial charge in [0.25, 0.3) is 0 Å². The summed E-state index contributed by atoms with van der Waals surface area (Å²) >= 11 is 3.48. The predicted octanol–water partition coefficient (Wildman–Crippen LogP) is 8.47. The van der Waals surface area contributed by atoms with Crippen LogP contribution in [0.4, 0.5) is 0 Å². The second-order valence-corrected chi connectivity index (χ2v) is 10.6. The third-order valence-corrected chi connectivity index (χ3v) is 7.80. The molecule has 0 radical (unpaired) electrons. The van der Waals surface area contributed by atoms with Gasteiger partial charge in [0.05, 0.1) is 11.0 Å². The molecule has 0 saturated heterocycles. The Labute approximate surface area is 232 Å². The molecule has 0 aliphatic heterocycles. The van der Waals surface area contributed by atoms with Gasteiger partial charge in [-0.25, -0.2) is 9.97 Å². The number of aromatic nitrogens is 4. The summed E-state index contributed by atoms with van der Waals surface area (Å²) in [6.45, 7) is 4.27. The van der Waals surface area contributed by atoms with E-state index in [-0.39, 0.29) is 0 Å². The van der Waals surface area contributed by atoms with Crippen molar-refractivity contribution >= 4 is 76.9 Å². The Kier molecular flexibility index (Phi) is 5.46. The number of aldehydes is 1. The SMILES string of the molecule is Cc1cccc2c1c1ccccc1c1nc(Br)cn21.Cc1cccc2c1c1ccccc1c1nc(C=O)cn21. The Bertz CT molecular complexity index is 2240. The van der Waals surface area contributed by atoms with Crippen LogP contribution >= 0.6 is 15.9 Å². The van der Waals surface area contributed by atoms with Gasteiger partial charge in [-0.1, -0.05) is 72.8 Å². The predicted molar refractivity (Wildman–Crippen MR) is 163 cm³/mol. The molecule has 39 heavy (non-hydrogen) atoms. The first-order chi connectivity index (χ1) is 19.0. The topological polar surface area (TPSA) is 51.7 Å². The number of hydrogen-bond acceptors (Lipinski definition) is 3. The quantitative estimate of drug-likeness (QED) is 0.147. The second kappa shape index (κ2) is 9.03. The summed E-state index contributed by atoms with van der Waals surface area (Å²) in [5, 5.41) is 7.22. The zero-order valence-electron chi connectivity index (χ0n) is 21.4. The lowest BCUT2D eigenvalue weighted by Crippen LogP contribution is -1.91. The summed E-state index contributed by atoms with van der Waals surface area (Å²) in [6, 6.07) is 29.3. The van der Waals surface area contributed by atoms with Gasteiger partial charge in [-0.3, -0.25) is 13.6 Å². The van der Waals surface area contributed by atoms with E-state index in [1.165, 1.54) is 43.6 Å². The molecule has 4 aromatic carbocycles. The molecule has 8 aromatic rings. The Balaban J connectivity index is 0.000000130. The van der Waals surface area contributed by atoms with Crippen LogP contribution in [0.5, 0.6) is 0 Å². The van der Waals surface area contributed by atoms with Gasteiger partial charge in [0.2, 0.25) is 0 Å². The van der Waals surface area contributed by atoms with Crippen LogP contribution in [0, 0.1) is 13.8 Å². The molecule has 6 heteroatoms. The average molecular weight is 571 g/mol. The van der Waals surface area contributed by atoms with Crippen LogP contribution in [0.25, 0.3) is 54.6 Å². The van der Waals surface area contributed by atoms with Gasteiger partial charge < -0.3 is 0 Å². The third kappa shape index (κ3) is 3.63. The van der Waals surface area contributed by atoms with Gasteiger partial charge >= 0.3 is 0 Å². The summed E-state index contributed by atoms with van der Waals surface area (Å²) in [5.74, 6) is 0. The van der Waals surface area contributed by atoms with Crippen LogP contribution in [0.15, 0.2) is 102 Å². The van der Waals surface area contributed by atoms with E-state index in [0.717, 1.165) is 33.1 Å². The lowest BCUT2D eigenvalue weighted by atomic mass is 10.0. The van der Waals surface area contributed by atoms with Crippen molar-refractivity contribution in [2.45, 2.75) is 13.8 Å². The number of halogens is 1. The van der Waals surface area contributed by atoms with Crippen LogP contribution in [0.3, 0.4) is 0 Å². The van der Waals surface area contributed by atoms with Crippen molar-refractivity contribution in [2.24, 2.45) is 0 Å². The van der Waals surface area contributed by atoms with Crippen LogP contribution in [-0.4, -0.2) is 25.1 Å². The minimum Gasteiger partial charge on any atom is -0.298 e. The van der Waals surface area contributed by atoms with Gasteiger partial charge in [-0.15, -0.1) is 0 Å². The van der Waals surface area contributed by atoms with Crippen LogP contribution in [0.1, 0.15) is 21.6 Å². The number of carbonyl (C=O) groups is 1. The van der Waals surface area contributed by atoms with Crippen LogP contribution in [-0.2, 0) is 0 Å². The van der Waals surface area contributed by atoms with Crippen LogP contribution < -0.4 is 0 Å². The first-order valence-corrected chi connectivity index (χ1v) is 13.5. The second-order valence-electron chi connectivity index (χ2n) is 9.76. The van der Waals surface area contributed by atoms with Crippen molar-refractivity contribution in [3.8, 4) is 0 Å². The minimum atomic E-state index is 0.462. The van der Waals surface area contributed by atoms with Crippen molar-refractivity contribution in [2.75, 3.05) is 0 Å². The molecule has 0 fully saturated rings. The highest BCUT2D eigenvalue weighted by Gasteiger charge is 2.13. The molecule has 0 amide bonds. The summed E-state index contributed by atoms with van der Waals surface area (Å²) in [4.78, 5) is 20.1. The van der Waals surface area contributed by atoms with Crippen LogP contribution in [0.2, 0.25) is 0 Å². The zero-order valence-corrected chi connectivity index (χ0v) is 23.0. The Morgan fingerprint density at radius 3 is 1.64 bits per heavy atom. The van der Waals surface area contributed by atoms with Crippen molar-refractivity contribution in [3.63, 3.8) is 0 Å². The molecule has 0 aliphatic rings. The molecule has 4 heterocycles. The highest BCUT2D eigenvalue weighted by atomic mass is 79.9. The van der Waals surface area contributed by atoms with E-state index in [9.17, 15) is 4.79 Å². The molecule has 0 spiro atoms. The van der Waals surface area contributed by atoms with Gasteiger partial charge in [0.15, 0.2) is 6.29 Å². The monoisotopic (exact) mass is 570 g/mol. The Morgan fingerprint density at radius 1 is 0.615 bits per heavy atom. The summed E-state index contributed by atoms with van der Waals surface area (Å²) < 4.78 is 5.04. The number of rotatable bonds is 1. The lowest BCUT2D eigenvalue weighted by Gasteiger charge is -2.09. The van der Waals surface area contributed by atoms with E-state index in [1.807, 2.05) is 28.8 Å². The highest BCUT2D eigenvalue weighted by molar-refractivity contribution is 9.10. The van der Waals surface area contributed by atoms with E-state index in [2.05, 4.69) is 111 Å². The molecule has 188 valence electrons. The molecular formula is C33H23BrN4O. The van der Waals surface area contributed by atoms with Crippen molar-refractivity contribution < 1.29 is 4.79 Å². The largest absolute Gasteiger partial charge is 0.298 e. The first-order valence-electron chi connectivity index (χ1n) is 12.7. The number of hydrogen-bond donors (Lipinski definition) is 0. The molecule has 0 N–H and O–H groups in total. The van der Waals surface area contributed by atoms with E-state index in [4.69, 9.17) is 0 Å².